The van der Waals surface area contributed by atoms with E-state index in [0.29, 0.717) is 5.41 Å². The first-order valence-corrected chi connectivity index (χ1v) is 20.3. The Hall–Kier alpha value is -2.31. The van der Waals surface area contributed by atoms with Gasteiger partial charge < -0.3 is 0 Å². The number of benzene rings is 4. The van der Waals surface area contributed by atoms with Crippen LogP contribution in [0.3, 0.4) is 0 Å². The minimum absolute atomic E-state index is 0. The van der Waals surface area contributed by atoms with Crippen molar-refractivity contribution in [1.82, 2.24) is 0 Å². The molecule has 0 aromatic heterocycles. The fourth-order valence-electron chi connectivity index (χ4n) is 9.61. The molecule has 3 heteroatoms. The molecular weight excluding hydrogens is 751 g/mol. The first-order chi connectivity index (χ1) is 23.9. The zero-order valence-electron chi connectivity index (χ0n) is 32.0. The second kappa shape index (κ2) is 16.6. The Bertz CT molecular complexity index is 1760. The van der Waals surface area contributed by atoms with Crippen molar-refractivity contribution in [2.24, 2.45) is 23.2 Å². The molecule has 0 heterocycles. The molecule has 0 radical (unpaired) electrons. The molecule has 0 atom stereocenters. The molecule has 0 spiro atoms. The van der Waals surface area contributed by atoms with Gasteiger partial charge in [0.05, 0.1) is 0 Å². The zero-order valence-corrected chi connectivity index (χ0v) is 36.1. The van der Waals surface area contributed by atoms with E-state index in [2.05, 4.69) is 157 Å². The number of hydrogen-bond acceptors (Lipinski definition) is 0. The van der Waals surface area contributed by atoms with E-state index in [1.54, 1.807) is 24.8 Å². The van der Waals surface area contributed by atoms with Crippen LogP contribution in [-0.2, 0) is 41.5 Å². The van der Waals surface area contributed by atoms with E-state index in [1.165, 1.54) is 91.2 Å². The van der Waals surface area contributed by atoms with Gasteiger partial charge >= 0.3 is 99.2 Å². The quantitative estimate of drug-likeness (QED) is 0.159. The fourth-order valence-corrected chi connectivity index (χ4v) is 10.4. The van der Waals surface area contributed by atoms with Crippen molar-refractivity contribution < 1.29 is 24.2 Å². The van der Waals surface area contributed by atoms with Crippen molar-refractivity contribution in [3.63, 3.8) is 0 Å². The van der Waals surface area contributed by atoms with Gasteiger partial charge in [-0.1, -0.05) is 65.3 Å². The van der Waals surface area contributed by atoms with Crippen molar-refractivity contribution in [2.45, 2.75) is 104 Å². The second-order valence-electron chi connectivity index (χ2n) is 17.8. The Morgan fingerprint density at radius 1 is 0.673 bits per heavy atom. The van der Waals surface area contributed by atoms with Gasteiger partial charge in [-0.2, -0.15) is 29.8 Å². The van der Waals surface area contributed by atoms with Gasteiger partial charge in [0.1, 0.15) is 0 Å². The third kappa shape index (κ3) is 8.97. The predicted octanol–water partition coefficient (Wildman–Crippen LogP) is 13.2. The second-order valence-corrected chi connectivity index (χ2v) is 19.0. The summed E-state index contributed by atoms with van der Waals surface area (Å²) in [7, 11) is 0. The molecular formula is C49H56Cl2Zr. The van der Waals surface area contributed by atoms with Crippen molar-refractivity contribution in [3.8, 4) is 11.1 Å². The molecule has 0 saturated heterocycles. The third-order valence-electron chi connectivity index (χ3n) is 11.9. The van der Waals surface area contributed by atoms with E-state index in [4.69, 9.17) is 0 Å². The molecule has 270 valence electrons. The van der Waals surface area contributed by atoms with Crippen LogP contribution in [0.25, 0.3) is 11.1 Å². The van der Waals surface area contributed by atoms with Crippen LogP contribution in [0.1, 0.15) is 120 Å². The maximum absolute atomic E-state index is 3.67. The standard InChI is InChI=1S/C21H25.C15H19.C13H10.2ClH.Zr/c1-20(2,3)16-7-9-18-14(12-16)11-15-13-17(21(4,5)6)8-10-19(15)18;1-2-4-14(3-1)15-8-11-5-12(9-15)7-13(6-11)10-15;1-3-7-12(8-4-1)11-13-9-5-2-6-10-13;;;/h7-10,12H,11H2,1-6H3;1,3,11-13H,2,5-10H2;1-10H;2*1H;/q2*-1;;;;+2. The summed E-state index contributed by atoms with van der Waals surface area (Å²) in [5.41, 5.74) is 13.6. The van der Waals surface area contributed by atoms with Gasteiger partial charge in [-0.15, -0.1) is 42.4 Å². The van der Waals surface area contributed by atoms with Crippen LogP contribution in [0.5, 0.6) is 0 Å². The average Bonchev–Trinajstić information content (AvgIpc) is 3.77. The summed E-state index contributed by atoms with van der Waals surface area (Å²) in [6, 6.07) is 36.3. The molecule has 4 aromatic carbocycles. The molecule has 0 unspecified atom stereocenters. The SMILES string of the molecule is CC(C)(C)c1[c-]c2c(cc1)-c1ccc(C(C)(C)C)cc1C2.Cl.Cl.[C-]1=C(C23CC4CC(CC(C4)C2)C3)C=CC1.[Zr+2]=[C](c1ccccc1)c1ccccc1. The van der Waals surface area contributed by atoms with Gasteiger partial charge in [-0.3, -0.25) is 6.08 Å². The molecule has 6 aliphatic rings. The summed E-state index contributed by atoms with van der Waals surface area (Å²) in [5.74, 6) is 3.21. The molecule has 10 rings (SSSR count). The fraction of sp³-hybridized carbons (Fsp3) is 0.408. The van der Waals surface area contributed by atoms with Crippen LogP contribution in [0.15, 0.2) is 109 Å². The van der Waals surface area contributed by atoms with Crippen molar-refractivity contribution >= 4 is 28.0 Å². The maximum atomic E-state index is 3.67. The predicted molar refractivity (Wildman–Crippen MR) is 223 cm³/mol. The number of rotatable bonds is 3. The Kier molecular flexibility index (Phi) is 13.0. The van der Waals surface area contributed by atoms with Gasteiger partial charge in [0, 0.05) is 0 Å². The zero-order chi connectivity index (χ0) is 35.1. The number of halogens is 2. The summed E-state index contributed by atoms with van der Waals surface area (Å²) < 4.78 is 1.42. The van der Waals surface area contributed by atoms with Crippen LogP contribution in [0, 0.1) is 35.3 Å². The van der Waals surface area contributed by atoms with E-state index >= 15 is 0 Å². The Morgan fingerprint density at radius 3 is 1.69 bits per heavy atom. The normalized spacial score (nSPS) is 23.1. The molecule has 6 aliphatic carbocycles. The van der Waals surface area contributed by atoms with Crippen LogP contribution < -0.4 is 0 Å². The van der Waals surface area contributed by atoms with Crippen molar-refractivity contribution in [3.05, 3.63) is 154 Å². The van der Waals surface area contributed by atoms with Crippen LogP contribution in [0.4, 0.5) is 0 Å². The molecule has 0 aliphatic heterocycles. The van der Waals surface area contributed by atoms with Gasteiger partial charge in [0.15, 0.2) is 0 Å². The molecule has 0 amide bonds. The Morgan fingerprint density at radius 2 is 1.21 bits per heavy atom. The topological polar surface area (TPSA) is 0 Å². The summed E-state index contributed by atoms with van der Waals surface area (Å²) in [6.45, 7) is 13.6. The summed E-state index contributed by atoms with van der Waals surface area (Å²) in [6.07, 6.45) is 19.5. The Balaban J connectivity index is 0.000000151. The third-order valence-corrected chi connectivity index (χ3v) is 13.3. The van der Waals surface area contributed by atoms with Gasteiger partial charge in [-0.05, 0) is 90.1 Å². The van der Waals surface area contributed by atoms with Crippen molar-refractivity contribution in [1.29, 1.82) is 0 Å². The van der Waals surface area contributed by atoms with E-state index in [0.717, 1.165) is 30.6 Å². The van der Waals surface area contributed by atoms with Gasteiger partial charge in [0.25, 0.3) is 0 Å². The monoisotopic (exact) mass is 804 g/mol. The molecule has 4 bridgehead atoms. The molecule has 4 aromatic rings. The Labute approximate surface area is 342 Å². The van der Waals surface area contributed by atoms with Crippen LogP contribution >= 0.6 is 24.8 Å². The molecule has 0 nitrogen and oxygen atoms in total. The van der Waals surface area contributed by atoms with Gasteiger partial charge in [-0.25, -0.2) is 11.6 Å². The number of allylic oxidation sites excluding steroid dienone is 4. The minimum atomic E-state index is 0. The van der Waals surface area contributed by atoms with Crippen molar-refractivity contribution in [2.75, 3.05) is 0 Å². The van der Waals surface area contributed by atoms with Gasteiger partial charge in [0.2, 0.25) is 0 Å². The molecule has 4 saturated carbocycles. The molecule has 0 N–H and O–H groups in total. The van der Waals surface area contributed by atoms with Crippen LogP contribution in [-0.4, -0.2) is 3.21 Å². The van der Waals surface area contributed by atoms with E-state index in [1.807, 2.05) is 0 Å². The molecule has 52 heavy (non-hydrogen) atoms. The average molecular weight is 807 g/mol. The van der Waals surface area contributed by atoms with Crippen LogP contribution in [0.2, 0.25) is 0 Å². The first-order valence-electron chi connectivity index (χ1n) is 19.0. The number of fused-ring (bicyclic) bond motifs is 3. The summed E-state index contributed by atoms with van der Waals surface area (Å²) in [4.78, 5) is 0. The first kappa shape index (κ1) is 40.9. The van der Waals surface area contributed by atoms with E-state index < -0.39 is 0 Å². The summed E-state index contributed by atoms with van der Waals surface area (Å²) >= 11 is 1.46. The summed E-state index contributed by atoms with van der Waals surface area (Å²) in [5, 5.41) is 0. The number of hydrogen-bond donors (Lipinski definition) is 0. The van der Waals surface area contributed by atoms with E-state index in [-0.39, 0.29) is 35.6 Å². The molecule has 4 fully saturated rings. The van der Waals surface area contributed by atoms with E-state index in [9.17, 15) is 0 Å².